The van der Waals surface area contributed by atoms with Crippen LogP contribution in [0.2, 0.25) is 0 Å². The maximum atomic E-state index is 13.1. The normalized spacial score (nSPS) is 23.7. The van der Waals surface area contributed by atoms with Crippen molar-refractivity contribution in [1.82, 2.24) is 0 Å². The van der Waals surface area contributed by atoms with E-state index >= 15 is 0 Å². The number of benzene rings is 1. The molecule has 1 heterocycles. The number of halogens is 1. The summed E-state index contributed by atoms with van der Waals surface area (Å²) in [5.74, 6) is 1.39. The van der Waals surface area contributed by atoms with Gasteiger partial charge in [-0.3, -0.25) is 0 Å². The SMILES string of the molecule is CSCCC1C[C@H](N)c2ccc(F)cc2O1. The zero-order valence-electron chi connectivity index (χ0n) is 9.28. The van der Waals surface area contributed by atoms with E-state index in [0.29, 0.717) is 5.75 Å². The van der Waals surface area contributed by atoms with Gasteiger partial charge in [0.1, 0.15) is 17.7 Å². The summed E-state index contributed by atoms with van der Waals surface area (Å²) in [7, 11) is 0. The van der Waals surface area contributed by atoms with Gasteiger partial charge >= 0.3 is 0 Å². The number of thioether (sulfide) groups is 1. The predicted octanol–water partition coefficient (Wildman–Crippen LogP) is 2.73. The third-order valence-electron chi connectivity index (χ3n) is 2.83. The average Bonchev–Trinajstić information content (AvgIpc) is 2.25. The summed E-state index contributed by atoms with van der Waals surface area (Å²) in [6.45, 7) is 0. The van der Waals surface area contributed by atoms with Crippen LogP contribution in [0.1, 0.15) is 24.4 Å². The van der Waals surface area contributed by atoms with Gasteiger partial charge in [-0.25, -0.2) is 4.39 Å². The molecule has 0 aliphatic carbocycles. The van der Waals surface area contributed by atoms with Crippen LogP contribution >= 0.6 is 11.8 Å². The Balaban J connectivity index is 2.14. The van der Waals surface area contributed by atoms with E-state index in [1.807, 2.05) is 0 Å². The summed E-state index contributed by atoms with van der Waals surface area (Å²) >= 11 is 1.79. The van der Waals surface area contributed by atoms with Crippen LogP contribution in [0, 0.1) is 5.82 Å². The van der Waals surface area contributed by atoms with Crippen molar-refractivity contribution in [3.05, 3.63) is 29.6 Å². The van der Waals surface area contributed by atoms with E-state index in [9.17, 15) is 4.39 Å². The molecule has 0 aromatic heterocycles. The highest BCUT2D eigenvalue weighted by Gasteiger charge is 2.25. The molecule has 2 atom stereocenters. The van der Waals surface area contributed by atoms with Gasteiger partial charge in [0.15, 0.2) is 0 Å². The molecule has 0 bridgehead atoms. The molecule has 1 unspecified atom stereocenters. The van der Waals surface area contributed by atoms with Crippen molar-refractivity contribution >= 4 is 11.8 Å². The number of ether oxygens (including phenoxy) is 1. The Morgan fingerprint density at radius 2 is 2.38 bits per heavy atom. The minimum Gasteiger partial charge on any atom is -0.490 e. The van der Waals surface area contributed by atoms with Crippen molar-refractivity contribution in [2.75, 3.05) is 12.0 Å². The minimum absolute atomic E-state index is 0.0313. The lowest BCUT2D eigenvalue weighted by Gasteiger charge is -2.30. The Labute approximate surface area is 99.4 Å². The summed E-state index contributed by atoms with van der Waals surface area (Å²) in [6.07, 6.45) is 3.97. The van der Waals surface area contributed by atoms with Gasteiger partial charge in [-0.15, -0.1) is 0 Å². The topological polar surface area (TPSA) is 35.2 Å². The van der Waals surface area contributed by atoms with Gasteiger partial charge in [0.25, 0.3) is 0 Å². The van der Waals surface area contributed by atoms with E-state index in [1.54, 1.807) is 17.8 Å². The predicted molar refractivity (Wildman–Crippen MR) is 65.4 cm³/mol. The first-order valence-electron chi connectivity index (χ1n) is 5.41. The maximum Gasteiger partial charge on any atom is 0.127 e. The molecule has 1 aromatic rings. The molecule has 1 aromatic carbocycles. The molecule has 2 nitrogen and oxygen atoms in total. The number of fused-ring (bicyclic) bond motifs is 1. The summed E-state index contributed by atoms with van der Waals surface area (Å²) < 4.78 is 18.8. The molecule has 0 saturated carbocycles. The van der Waals surface area contributed by atoms with Gasteiger partial charge in [0.2, 0.25) is 0 Å². The monoisotopic (exact) mass is 241 g/mol. The van der Waals surface area contributed by atoms with Crippen LogP contribution in [-0.4, -0.2) is 18.1 Å². The zero-order chi connectivity index (χ0) is 11.5. The molecule has 16 heavy (non-hydrogen) atoms. The fourth-order valence-corrected chi connectivity index (χ4v) is 2.48. The number of hydrogen-bond donors (Lipinski definition) is 1. The molecule has 0 radical (unpaired) electrons. The van der Waals surface area contributed by atoms with Crippen molar-refractivity contribution in [2.45, 2.75) is 25.0 Å². The molecule has 0 amide bonds. The Morgan fingerprint density at radius 3 is 3.12 bits per heavy atom. The van der Waals surface area contributed by atoms with Crippen molar-refractivity contribution in [2.24, 2.45) is 5.73 Å². The molecule has 0 spiro atoms. The summed E-state index contributed by atoms with van der Waals surface area (Å²) in [5.41, 5.74) is 6.97. The molecular weight excluding hydrogens is 225 g/mol. The third-order valence-corrected chi connectivity index (χ3v) is 3.47. The first kappa shape index (κ1) is 11.7. The molecule has 88 valence electrons. The van der Waals surface area contributed by atoms with Crippen LogP contribution in [0.15, 0.2) is 18.2 Å². The highest BCUT2D eigenvalue weighted by molar-refractivity contribution is 7.98. The van der Waals surface area contributed by atoms with Gasteiger partial charge < -0.3 is 10.5 Å². The standard InChI is InChI=1S/C12H16FNOS/c1-16-5-4-9-7-11(14)10-3-2-8(13)6-12(10)15-9/h2-3,6,9,11H,4-5,7,14H2,1H3/t9?,11-/m0/s1. The Hall–Kier alpha value is -0.740. The van der Waals surface area contributed by atoms with Crippen LogP contribution in [0.3, 0.4) is 0 Å². The van der Waals surface area contributed by atoms with E-state index in [-0.39, 0.29) is 18.0 Å². The molecular formula is C12H16FNOS. The van der Waals surface area contributed by atoms with Crippen LogP contribution in [0.5, 0.6) is 5.75 Å². The Kier molecular flexibility index (Phi) is 3.71. The Bertz CT molecular complexity index is 372. The molecule has 2 N–H and O–H groups in total. The number of nitrogens with two attached hydrogens (primary N) is 1. The lowest BCUT2D eigenvalue weighted by atomic mass is 9.96. The average molecular weight is 241 g/mol. The second-order valence-corrected chi connectivity index (χ2v) is 5.03. The summed E-state index contributed by atoms with van der Waals surface area (Å²) in [5, 5.41) is 0. The van der Waals surface area contributed by atoms with E-state index in [0.717, 1.165) is 24.2 Å². The fraction of sp³-hybridized carbons (Fsp3) is 0.500. The van der Waals surface area contributed by atoms with Crippen LogP contribution in [0.25, 0.3) is 0 Å². The highest BCUT2D eigenvalue weighted by Crippen LogP contribution is 2.34. The minimum atomic E-state index is -0.267. The molecule has 1 aliphatic heterocycles. The number of hydrogen-bond acceptors (Lipinski definition) is 3. The van der Waals surface area contributed by atoms with E-state index in [4.69, 9.17) is 10.5 Å². The van der Waals surface area contributed by atoms with Crippen LogP contribution in [-0.2, 0) is 0 Å². The van der Waals surface area contributed by atoms with Crippen molar-refractivity contribution in [1.29, 1.82) is 0 Å². The first-order valence-corrected chi connectivity index (χ1v) is 6.80. The molecule has 4 heteroatoms. The van der Waals surface area contributed by atoms with Gasteiger partial charge in [-0.1, -0.05) is 6.07 Å². The highest BCUT2D eigenvalue weighted by atomic mass is 32.2. The Morgan fingerprint density at radius 1 is 1.56 bits per heavy atom. The van der Waals surface area contributed by atoms with Gasteiger partial charge in [-0.2, -0.15) is 11.8 Å². The largest absolute Gasteiger partial charge is 0.490 e. The molecule has 0 saturated heterocycles. The first-order chi connectivity index (χ1) is 7.70. The van der Waals surface area contributed by atoms with Crippen molar-refractivity contribution in [3.63, 3.8) is 0 Å². The van der Waals surface area contributed by atoms with Gasteiger partial charge in [0, 0.05) is 24.1 Å². The van der Waals surface area contributed by atoms with Crippen molar-refractivity contribution < 1.29 is 9.13 Å². The third kappa shape index (κ3) is 2.50. The quantitative estimate of drug-likeness (QED) is 0.883. The molecule has 1 aliphatic rings. The molecule has 2 rings (SSSR count). The van der Waals surface area contributed by atoms with E-state index in [2.05, 4.69) is 6.26 Å². The zero-order valence-corrected chi connectivity index (χ0v) is 10.1. The summed E-state index contributed by atoms with van der Waals surface area (Å²) in [6, 6.07) is 4.56. The molecule has 0 fully saturated rings. The van der Waals surface area contributed by atoms with Gasteiger partial charge in [0.05, 0.1) is 0 Å². The van der Waals surface area contributed by atoms with Crippen LogP contribution < -0.4 is 10.5 Å². The lowest BCUT2D eigenvalue weighted by molar-refractivity contribution is 0.155. The second-order valence-electron chi connectivity index (χ2n) is 4.05. The number of rotatable bonds is 3. The summed E-state index contributed by atoms with van der Waals surface area (Å²) in [4.78, 5) is 0. The van der Waals surface area contributed by atoms with Gasteiger partial charge in [-0.05, 0) is 24.5 Å². The van der Waals surface area contributed by atoms with E-state index < -0.39 is 0 Å². The van der Waals surface area contributed by atoms with E-state index in [1.165, 1.54) is 12.1 Å². The van der Waals surface area contributed by atoms with Crippen molar-refractivity contribution in [3.8, 4) is 5.75 Å². The smallest absolute Gasteiger partial charge is 0.127 e. The maximum absolute atomic E-state index is 13.1. The lowest BCUT2D eigenvalue weighted by Crippen LogP contribution is -2.30. The van der Waals surface area contributed by atoms with Crippen LogP contribution in [0.4, 0.5) is 4.39 Å². The second kappa shape index (κ2) is 5.06. The fourth-order valence-electron chi connectivity index (χ4n) is 1.98.